The quantitative estimate of drug-likeness (QED) is 0.761. The smallest absolute Gasteiger partial charge is 0.279 e. The molecule has 2 fully saturated rings. The number of nitrogens with one attached hydrogen (secondary N) is 1. The molecule has 1 aliphatic heterocycles. The van der Waals surface area contributed by atoms with Crippen LogP contribution in [0.15, 0.2) is 0 Å². The van der Waals surface area contributed by atoms with Crippen LogP contribution in [-0.4, -0.2) is 56.4 Å². The highest BCUT2D eigenvalue weighted by molar-refractivity contribution is 7.87. The van der Waals surface area contributed by atoms with E-state index in [1.165, 1.54) is 17.1 Å². The van der Waals surface area contributed by atoms with Crippen molar-refractivity contribution in [2.45, 2.75) is 44.3 Å². The minimum absolute atomic E-state index is 0.0722. The molecule has 16 heavy (non-hydrogen) atoms. The zero-order valence-corrected chi connectivity index (χ0v) is 11.0. The van der Waals surface area contributed by atoms with E-state index in [9.17, 15) is 8.42 Å². The summed E-state index contributed by atoms with van der Waals surface area (Å²) in [5.41, 5.74) is 0. The maximum Gasteiger partial charge on any atom is 0.279 e. The lowest BCUT2D eigenvalue weighted by molar-refractivity contribution is 0.256. The summed E-state index contributed by atoms with van der Waals surface area (Å²) in [7, 11) is -0.167. The molecule has 1 saturated heterocycles. The normalized spacial score (nSPS) is 32.5. The molecule has 1 saturated carbocycles. The van der Waals surface area contributed by atoms with Gasteiger partial charge in [0.05, 0.1) is 0 Å². The Bertz CT molecular complexity index is 351. The van der Waals surface area contributed by atoms with Gasteiger partial charge in [0, 0.05) is 38.8 Å². The molecule has 5 nitrogen and oxygen atoms in total. The van der Waals surface area contributed by atoms with Crippen LogP contribution in [-0.2, 0) is 10.2 Å². The van der Waals surface area contributed by atoms with Crippen LogP contribution in [0.3, 0.4) is 0 Å². The molecule has 1 heterocycles. The molecular formula is C10H21N3O2S. The molecule has 0 aromatic carbocycles. The fourth-order valence-corrected chi connectivity index (χ4v) is 3.18. The fraction of sp³-hybridized carbons (Fsp3) is 1.00. The Balaban J connectivity index is 1.93. The summed E-state index contributed by atoms with van der Waals surface area (Å²) < 4.78 is 27.4. The van der Waals surface area contributed by atoms with Crippen molar-refractivity contribution in [2.24, 2.45) is 0 Å². The van der Waals surface area contributed by atoms with Crippen LogP contribution in [0, 0.1) is 0 Å². The van der Waals surface area contributed by atoms with Crippen molar-refractivity contribution in [2.75, 3.05) is 20.6 Å². The molecule has 1 aliphatic carbocycles. The van der Waals surface area contributed by atoms with Crippen molar-refractivity contribution < 1.29 is 8.42 Å². The Hall–Kier alpha value is -0.170. The lowest BCUT2D eigenvalue weighted by Crippen LogP contribution is -2.43. The summed E-state index contributed by atoms with van der Waals surface area (Å²) in [6.45, 7) is 3.04. The van der Waals surface area contributed by atoms with Gasteiger partial charge in [0.15, 0.2) is 0 Å². The summed E-state index contributed by atoms with van der Waals surface area (Å²) in [5.74, 6) is 0. The van der Waals surface area contributed by atoms with E-state index in [-0.39, 0.29) is 6.04 Å². The molecule has 94 valence electrons. The van der Waals surface area contributed by atoms with Gasteiger partial charge in [-0.25, -0.2) is 0 Å². The van der Waals surface area contributed by atoms with E-state index in [1.807, 2.05) is 0 Å². The maximum absolute atomic E-state index is 11.7. The third-order valence-electron chi connectivity index (χ3n) is 3.44. The minimum atomic E-state index is -3.28. The van der Waals surface area contributed by atoms with Crippen molar-refractivity contribution in [3.05, 3.63) is 0 Å². The molecule has 1 N–H and O–H groups in total. The van der Waals surface area contributed by atoms with Crippen molar-refractivity contribution in [1.29, 1.82) is 0 Å². The highest BCUT2D eigenvalue weighted by Crippen LogP contribution is 2.33. The van der Waals surface area contributed by atoms with E-state index in [2.05, 4.69) is 16.5 Å². The molecule has 0 amide bonds. The molecule has 0 bridgehead atoms. The second-order valence-corrected chi connectivity index (χ2v) is 7.03. The third kappa shape index (κ3) is 2.56. The standard InChI is InChI=1S/C10H21N3O2S/c1-8-6-9(7-13(8)10-4-5-10)11-16(14,15)12(2)3/h8-11H,4-7H2,1-3H3. The second kappa shape index (κ2) is 4.25. The first-order valence-electron chi connectivity index (χ1n) is 5.85. The molecule has 6 heteroatoms. The fourth-order valence-electron chi connectivity index (χ4n) is 2.37. The highest BCUT2D eigenvalue weighted by Gasteiger charge is 2.39. The Morgan fingerprint density at radius 3 is 2.44 bits per heavy atom. The maximum atomic E-state index is 11.7. The molecule has 2 atom stereocenters. The van der Waals surface area contributed by atoms with Crippen LogP contribution in [0.25, 0.3) is 0 Å². The van der Waals surface area contributed by atoms with E-state index in [0.29, 0.717) is 12.1 Å². The summed E-state index contributed by atoms with van der Waals surface area (Å²) >= 11 is 0. The number of rotatable bonds is 4. The minimum Gasteiger partial charge on any atom is -0.296 e. The molecule has 0 spiro atoms. The van der Waals surface area contributed by atoms with E-state index in [4.69, 9.17) is 0 Å². The van der Waals surface area contributed by atoms with Crippen molar-refractivity contribution in [3.8, 4) is 0 Å². The van der Waals surface area contributed by atoms with Crippen LogP contribution >= 0.6 is 0 Å². The number of hydrogen-bond donors (Lipinski definition) is 1. The second-order valence-electron chi connectivity index (χ2n) is 5.11. The zero-order valence-electron chi connectivity index (χ0n) is 10.2. The SMILES string of the molecule is CC1CC(NS(=O)(=O)N(C)C)CN1C1CC1. The predicted octanol–water partition coefficient (Wildman–Crippen LogP) is 0.00760. The van der Waals surface area contributed by atoms with Gasteiger partial charge >= 0.3 is 0 Å². The summed E-state index contributed by atoms with van der Waals surface area (Å²) in [6, 6.07) is 1.29. The van der Waals surface area contributed by atoms with Crippen LogP contribution in [0.1, 0.15) is 26.2 Å². The number of likely N-dealkylation sites (tertiary alicyclic amines) is 1. The molecule has 2 aliphatic rings. The molecule has 2 unspecified atom stereocenters. The molecule has 0 radical (unpaired) electrons. The average molecular weight is 247 g/mol. The topological polar surface area (TPSA) is 52.7 Å². The molecule has 2 rings (SSSR count). The molecule has 0 aromatic heterocycles. The van der Waals surface area contributed by atoms with E-state index >= 15 is 0 Å². The van der Waals surface area contributed by atoms with Crippen molar-refractivity contribution in [1.82, 2.24) is 13.9 Å². The Morgan fingerprint density at radius 1 is 1.31 bits per heavy atom. The molecule has 0 aromatic rings. The summed E-state index contributed by atoms with van der Waals surface area (Å²) in [4.78, 5) is 2.43. The van der Waals surface area contributed by atoms with Crippen LogP contribution in [0.4, 0.5) is 0 Å². The van der Waals surface area contributed by atoms with Gasteiger partial charge in [-0.2, -0.15) is 17.4 Å². The largest absolute Gasteiger partial charge is 0.296 e. The Kier molecular flexibility index (Phi) is 3.27. The first kappa shape index (κ1) is 12.3. The van der Waals surface area contributed by atoms with Crippen molar-refractivity contribution in [3.63, 3.8) is 0 Å². The predicted molar refractivity (Wildman–Crippen MR) is 63.3 cm³/mol. The monoisotopic (exact) mass is 247 g/mol. The molecular weight excluding hydrogens is 226 g/mol. The Morgan fingerprint density at radius 2 is 1.94 bits per heavy atom. The van der Waals surface area contributed by atoms with Crippen molar-refractivity contribution >= 4 is 10.2 Å². The lowest BCUT2D eigenvalue weighted by atomic mass is 10.2. The van der Waals surface area contributed by atoms with Gasteiger partial charge < -0.3 is 0 Å². The number of hydrogen-bond acceptors (Lipinski definition) is 3. The third-order valence-corrected chi connectivity index (χ3v) is 5.03. The average Bonchev–Trinajstić information content (AvgIpc) is 2.91. The van der Waals surface area contributed by atoms with Gasteiger partial charge in [0.1, 0.15) is 0 Å². The van der Waals surface area contributed by atoms with E-state index in [0.717, 1.165) is 13.0 Å². The van der Waals surface area contributed by atoms with Crippen LogP contribution in [0.2, 0.25) is 0 Å². The van der Waals surface area contributed by atoms with E-state index in [1.54, 1.807) is 14.1 Å². The lowest BCUT2D eigenvalue weighted by Gasteiger charge is -2.20. The van der Waals surface area contributed by atoms with Crippen LogP contribution in [0.5, 0.6) is 0 Å². The van der Waals surface area contributed by atoms with Gasteiger partial charge in [-0.3, -0.25) is 4.90 Å². The summed E-state index contributed by atoms with van der Waals surface area (Å²) in [5, 5.41) is 0. The van der Waals surface area contributed by atoms with Gasteiger partial charge in [-0.05, 0) is 26.2 Å². The number of nitrogens with zero attached hydrogens (tertiary/aromatic N) is 2. The van der Waals surface area contributed by atoms with Crippen LogP contribution < -0.4 is 4.72 Å². The van der Waals surface area contributed by atoms with Gasteiger partial charge in [0.25, 0.3) is 10.2 Å². The highest BCUT2D eigenvalue weighted by atomic mass is 32.2. The van der Waals surface area contributed by atoms with Gasteiger partial charge in [-0.15, -0.1) is 0 Å². The summed E-state index contributed by atoms with van der Waals surface area (Å²) in [6.07, 6.45) is 3.47. The van der Waals surface area contributed by atoms with Gasteiger partial charge in [-0.1, -0.05) is 0 Å². The zero-order chi connectivity index (χ0) is 11.9. The van der Waals surface area contributed by atoms with E-state index < -0.39 is 10.2 Å². The van der Waals surface area contributed by atoms with Gasteiger partial charge in [0.2, 0.25) is 0 Å². The first-order chi connectivity index (χ1) is 7.40. The Labute approximate surface area is 98.0 Å². The first-order valence-corrected chi connectivity index (χ1v) is 7.29.